The van der Waals surface area contributed by atoms with Crippen LogP contribution in [0.3, 0.4) is 0 Å². The van der Waals surface area contributed by atoms with Crippen molar-refractivity contribution in [3.63, 3.8) is 0 Å². The lowest BCUT2D eigenvalue weighted by Crippen LogP contribution is -2.53. The topological polar surface area (TPSA) is 113 Å². The molecule has 1 saturated heterocycles. The number of halogens is 3. The second-order valence-electron chi connectivity index (χ2n) is 10.2. The summed E-state index contributed by atoms with van der Waals surface area (Å²) in [6.45, 7) is 1.62. The number of hydrogen-bond donors (Lipinski definition) is 3. The first-order valence-electron chi connectivity index (χ1n) is 12.3. The van der Waals surface area contributed by atoms with E-state index in [1.54, 1.807) is 12.3 Å². The number of alkyl halides is 3. The Bertz CT molecular complexity index is 1000. The van der Waals surface area contributed by atoms with E-state index in [-0.39, 0.29) is 17.6 Å². The van der Waals surface area contributed by atoms with Crippen molar-refractivity contribution in [2.45, 2.75) is 63.1 Å². The summed E-state index contributed by atoms with van der Waals surface area (Å²) in [5.74, 6) is -0.228. The first-order valence-corrected chi connectivity index (χ1v) is 12.3. The van der Waals surface area contributed by atoms with Gasteiger partial charge >= 0.3 is 12.2 Å². The van der Waals surface area contributed by atoms with Crippen LogP contribution in [0.4, 0.5) is 29.5 Å². The number of nitrogens with zero attached hydrogens (tertiary/aromatic N) is 2. The molecule has 0 radical (unpaired) electrons. The molecule has 1 aromatic rings. The number of rotatable bonds is 5. The van der Waals surface area contributed by atoms with Crippen LogP contribution < -0.4 is 16.0 Å². The van der Waals surface area contributed by atoms with E-state index in [4.69, 9.17) is 4.74 Å². The normalized spacial score (nSPS) is 24.0. The SMILES string of the molecule is CN(CC(F)(F)F)C(=O)N[C@H](C(=O)Nc1cc2c(cn1)C1(CCOCC1)C(=O)N2)[C@H]1CC[C@H](C)CC1. The Labute approximate surface area is 207 Å². The van der Waals surface area contributed by atoms with Crippen molar-refractivity contribution >= 4 is 29.4 Å². The molecule has 198 valence electrons. The Morgan fingerprint density at radius 3 is 2.56 bits per heavy atom. The third-order valence-corrected chi connectivity index (χ3v) is 7.56. The maximum absolute atomic E-state index is 13.3. The summed E-state index contributed by atoms with van der Waals surface area (Å²) in [6.07, 6.45) is 1.15. The summed E-state index contributed by atoms with van der Waals surface area (Å²) in [6, 6.07) is -0.415. The molecule has 3 N–H and O–H groups in total. The van der Waals surface area contributed by atoms with Crippen molar-refractivity contribution in [3.8, 4) is 0 Å². The molecule has 1 aliphatic carbocycles. The average Bonchev–Trinajstić information content (AvgIpc) is 3.07. The van der Waals surface area contributed by atoms with Crippen LogP contribution in [0.2, 0.25) is 0 Å². The van der Waals surface area contributed by atoms with Gasteiger partial charge in [0.25, 0.3) is 0 Å². The summed E-state index contributed by atoms with van der Waals surface area (Å²) in [5.41, 5.74) is 0.625. The van der Waals surface area contributed by atoms with Crippen LogP contribution in [0.1, 0.15) is 51.0 Å². The molecule has 2 fully saturated rings. The van der Waals surface area contributed by atoms with Crippen molar-refractivity contribution in [1.82, 2.24) is 15.2 Å². The van der Waals surface area contributed by atoms with Gasteiger partial charge in [-0.05, 0) is 37.5 Å². The molecule has 0 aromatic carbocycles. The van der Waals surface area contributed by atoms with Gasteiger partial charge in [-0.25, -0.2) is 9.78 Å². The molecular formula is C24H32F3N5O4. The number of hydrogen-bond acceptors (Lipinski definition) is 5. The van der Waals surface area contributed by atoms with Gasteiger partial charge in [-0.3, -0.25) is 9.59 Å². The number of carbonyl (C=O) groups is 3. The Morgan fingerprint density at radius 1 is 1.25 bits per heavy atom. The molecule has 4 rings (SSSR count). The second-order valence-corrected chi connectivity index (χ2v) is 10.2. The van der Waals surface area contributed by atoms with Crippen LogP contribution in [0.25, 0.3) is 0 Å². The first kappa shape index (κ1) is 26.2. The zero-order chi connectivity index (χ0) is 26.1. The van der Waals surface area contributed by atoms with Crippen molar-refractivity contribution < 1.29 is 32.3 Å². The third-order valence-electron chi connectivity index (χ3n) is 7.56. The number of amides is 4. The van der Waals surface area contributed by atoms with E-state index in [9.17, 15) is 27.6 Å². The van der Waals surface area contributed by atoms with Crippen molar-refractivity contribution in [2.24, 2.45) is 11.8 Å². The minimum atomic E-state index is -4.55. The third kappa shape index (κ3) is 5.58. The number of aromatic nitrogens is 1. The van der Waals surface area contributed by atoms with Gasteiger partial charge in [-0.2, -0.15) is 13.2 Å². The summed E-state index contributed by atoms with van der Waals surface area (Å²) >= 11 is 0. The van der Waals surface area contributed by atoms with Gasteiger partial charge in [-0.15, -0.1) is 0 Å². The summed E-state index contributed by atoms with van der Waals surface area (Å²) < 4.78 is 43.7. The molecule has 9 nitrogen and oxygen atoms in total. The molecule has 3 heterocycles. The highest BCUT2D eigenvalue weighted by Gasteiger charge is 2.48. The van der Waals surface area contributed by atoms with Crippen molar-refractivity contribution in [1.29, 1.82) is 0 Å². The highest BCUT2D eigenvalue weighted by molar-refractivity contribution is 6.07. The van der Waals surface area contributed by atoms with Gasteiger partial charge in [0.05, 0.1) is 11.1 Å². The maximum atomic E-state index is 13.3. The number of urea groups is 1. The molecule has 0 unspecified atom stereocenters. The van der Waals surface area contributed by atoms with Crippen molar-refractivity contribution in [2.75, 3.05) is 37.4 Å². The standard InChI is InChI=1S/C24H32F3N5O4/c1-14-3-5-15(6-4-14)19(31-22(35)32(2)13-24(25,26)27)20(33)30-18-11-17-16(12-28-18)23(21(34)29-17)7-9-36-10-8-23/h11-12,14-15,19H,3-10,13H2,1-2H3,(H,29,34)(H,31,35)(H,28,30,33)/t14-,15-,19-/m0/s1. The quantitative estimate of drug-likeness (QED) is 0.561. The number of nitrogens with one attached hydrogen (secondary N) is 3. The van der Waals surface area contributed by atoms with E-state index >= 15 is 0 Å². The molecule has 12 heteroatoms. The van der Waals surface area contributed by atoms with E-state index in [1.165, 1.54) is 0 Å². The lowest BCUT2D eigenvalue weighted by molar-refractivity contribution is -0.137. The smallest absolute Gasteiger partial charge is 0.381 e. The van der Waals surface area contributed by atoms with E-state index in [0.717, 1.165) is 25.5 Å². The Hall–Kier alpha value is -2.89. The molecule has 1 aromatic heterocycles. The minimum Gasteiger partial charge on any atom is -0.381 e. The molecule has 0 bridgehead atoms. The van der Waals surface area contributed by atoms with Gasteiger partial charge < -0.3 is 25.6 Å². The summed E-state index contributed by atoms with van der Waals surface area (Å²) in [7, 11) is 1.04. The molecule has 1 saturated carbocycles. The van der Waals surface area contributed by atoms with Gasteiger partial charge in [-0.1, -0.05) is 19.8 Å². The Morgan fingerprint density at radius 2 is 1.92 bits per heavy atom. The molecule has 2 aliphatic heterocycles. The highest BCUT2D eigenvalue weighted by atomic mass is 19.4. The first-order chi connectivity index (χ1) is 17.0. The number of carbonyl (C=O) groups excluding carboxylic acids is 3. The largest absolute Gasteiger partial charge is 0.406 e. The predicted molar refractivity (Wildman–Crippen MR) is 125 cm³/mol. The van der Waals surface area contributed by atoms with Gasteiger partial charge in [0.2, 0.25) is 11.8 Å². The van der Waals surface area contributed by atoms with E-state index in [1.807, 2.05) is 0 Å². The van der Waals surface area contributed by atoms with Crippen LogP contribution in [0.5, 0.6) is 0 Å². The number of pyridine rings is 1. The fourth-order valence-corrected chi connectivity index (χ4v) is 5.39. The van der Waals surface area contributed by atoms with Crippen LogP contribution in [-0.2, 0) is 19.7 Å². The van der Waals surface area contributed by atoms with E-state index in [2.05, 4.69) is 27.9 Å². The van der Waals surface area contributed by atoms with Crippen LogP contribution in [-0.4, -0.2) is 66.8 Å². The molecule has 1 spiro atoms. The Kier molecular flexibility index (Phi) is 7.44. The number of fused-ring (bicyclic) bond motifs is 2. The van der Waals surface area contributed by atoms with Gasteiger partial charge in [0.15, 0.2) is 0 Å². The van der Waals surface area contributed by atoms with Gasteiger partial charge in [0, 0.05) is 38.1 Å². The number of ether oxygens (including phenoxy) is 1. The Balaban J connectivity index is 1.50. The lowest BCUT2D eigenvalue weighted by atomic mass is 9.76. The minimum absolute atomic E-state index is 0.125. The monoisotopic (exact) mass is 511 g/mol. The molecule has 4 amide bonds. The zero-order valence-electron chi connectivity index (χ0n) is 20.4. The van der Waals surface area contributed by atoms with E-state index < -0.39 is 36.1 Å². The van der Waals surface area contributed by atoms with Crippen LogP contribution in [0, 0.1) is 11.8 Å². The fraction of sp³-hybridized carbons (Fsp3) is 0.667. The fourth-order valence-electron chi connectivity index (χ4n) is 5.39. The lowest BCUT2D eigenvalue weighted by Gasteiger charge is -2.33. The molecule has 3 aliphatic rings. The van der Waals surface area contributed by atoms with E-state index in [0.29, 0.717) is 55.4 Å². The maximum Gasteiger partial charge on any atom is 0.406 e. The van der Waals surface area contributed by atoms with Crippen LogP contribution >= 0.6 is 0 Å². The summed E-state index contributed by atoms with van der Waals surface area (Å²) in [5, 5.41) is 8.08. The zero-order valence-corrected chi connectivity index (χ0v) is 20.4. The second kappa shape index (κ2) is 10.2. The predicted octanol–water partition coefficient (Wildman–Crippen LogP) is 3.42. The molecule has 36 heavy (non-hydrogen) atoms. The average molecular weight is 512 g/mol. The van der Waals surface area contributed by atoms with Crippen molar-refractivity contribution in [3.05, 3.63) is 17.8 Å². The van der Waals surface area contributed by atoms with Gasteiger partial charge in [0.1, 0.15) is 18.4 Å². The molecular weight excluding hydrogens is 479 g/mol. The summed E-state index contributed by atoms with van der Waals surface area (Å²) in [4.78, 5) is 43.4. The highest BCUT2D eigenvalue weighted by Crippen LogP contribution is 2.44. The molecule has 1 atom stereocenters. The number of anilines is 2. The van der Waals surface area contributed by atoms with Crippen LogP contribution in [0.15, 0.2) is 12.3 Å².